The van der Waals surface area contributed by atoms with E-state index in [4.69, 9.17) is 0 Å². The van der Waals surface area contributed by atoms with Gasteiger partial charge in [-0.2, -0.15) is 5.10 Å². The summed E-state index contributed by atoms with van der Waals surface area (Å²) in [5.74, 6) is 0. The molecule has 0 amide bonds. The van der Waals surface area contributed by atoms with Crippen LogP contribution in [0, 0.1) is 0 Å². The molecule has 0 N–H and O–H groups in total. The van der Waals surface area contributed by atoms with Crippen LogP contribution in [0.25, 0.3) is 11.3 Å². The van der Waals surface area contributed by atoms with Gasteiger partial charge in [0, 0.05) is 16.1 Å². The molecular formula is C18H15BrN2O. The smallest absolute Gasteiger partial charge is 0.267 e. The minimum Gasteiger partial charge on any atom is -0.268 e. The molecule has 0 saturated heterocycles. The first kappa shape index (κ1) is 14.7. The number of nitrogens with zero attached hydrogens (tertiary/aromatic N) is 2. The minimum absolute atomic E-state index is 0.0998. The molecule has 4 heteroatoms. The lowest BCUT2D eigenvalue weighted by atomic mass is 10.1. The highest BCUT2D eigenvalue weighted by atomic mass is 79.9. The Morgan fingerprint density at radius 3 is 2.32 bits per heavy atom. The summed E-state index contributed by atoms with van der Waals surface area (Å²) in [5.41, 5.74) is 2.73. The van der Waals surface area contributed by atoms with Crippen molar-refractivity contribution in [3.05, 3.63) is 87.1 Å². The highest BCUT2D eigenvalue weighted by Crippen LogP contribution is 2.20. The molecule has 0 spiro atoms. The highest BCUT2D eigenvalue weighted by Gasteiger charge is 2.11. The maximum absolute atomic E-state index is 12.2. The topological polar surface area (TPSA) is 34.9 Å². The predicted octanol–water partition coefficient (Wildman–Crippen LogP) is 4.28. The Morgan fingerprint density at radius 2 is 1.64 bits per heavy atom. The molecule has 22 heavy (non-hydrogen) atoms. The van der Waals surface area contributed by atoms with Gasteiger partial charge in [-0.15, -0.1) is 0 Å². The van der Waals surface area contributed by atoms with E-state index >= 15 is 0 Å². The number of halogens is 1. The van der Waals surface area contributed by atoms with Crippen molar-refractivity contribution in [2.24, 2.45) is 0 Å². The van der Waals surface area contributed by atoms with Gasteiger partial charge in [0.2, 0.25) is 0 Å². The second-order valence-electron chi connectivity index (χ2n) is 5.09. The molecule has 0 aliphatic carbocycles. The average molecular weight is 355 g/mol. The molecule has 3 nitrogen and oxygen atoms in total. The monoisotopic (exact) mass is 354 g/mol. The van der Waals surface area contributed by atoms with Crippen LogP contribution in [0.1, 0.15) is 18.5 Å². The summed E-state index contributed by atoms with van der Waals surface area (Å²) >= 11 is 3.42. The zero-order valence-electron chi connectivity index (χ0n) is 12.1. The third-order valence-corrected chi connectivity index (χ3v) is 4.14. The normalized spacial score (nSPS) is 12.1. The van der Waals surface area contributed by atoms with Gasteiger partial charge < -0.3 is 0 Å². The van der Waals surface area contributed by atoms with Crippen molar-refractivity contribution >= 4 is 15.9 Å². The number of rotatable bonds is 3. The standard InChI is InChI=1S/C18H15BrN2O/c1-13(14-5-3-2-4-6-14)21-18(22)12-11-17(20-21)15-7-9-16(19)10-8-15/h2-13H,1H3. The van der Waals surface area contributed by atoms with Crippen LogP contribution in [0.2, 0.25) is 0 Å². The Balaban J connectivity index is 2.04. The zero-order valence-corrected chi connectivity index (χ0v) is 13.7. The fourth-order valence-corrected chi connectivity index (χ4v) is 2.61. The van der Waals surface area contributed by atoms with Gasteiger partial charge in [0.05, 0.1) is 11.7 Å². The summed E-state index contributed by atoms with van der Waals surface area (Å²) in [6.45, 7) is 1.98. The van der Waals surface area contributed by atoms with Crippen LogP contribution >= 0.6 is 15.9 Å². The summed E-state index contributed by atoms with van der Waals surface area (Å²) in [6.07, 6.45) is 0. The molecule has 3 rings (SSSR count). The van der Waals surface area contributed by atoms with Crippen LogP contribution < -0.4 is 5.56 Å². The van der Waals surface area contributed by atoms with Crippen molar-refractivity contribution in [2.75, 3.05) is 0 Å². The zero-order chi connectivity index (χ0) is 15.5. The van der Waals surface area contributed by atoms with E-state index in [9.17, 15) is 4.79 Å². The molecule has 3 aromatic rings. The van der Waals surface area contributed by atoms with Gasteiger partial charge in [0.1, 0.15) is 0 Å². The summed E-state index contributed by atoms with van der Waals surface area (Å²) in [7, 11) is 0. The number of hydrogen-bond donors (Lipinski definition) is 0. The first-order chi connectivity index (χ1) is 10.6. The van der Waals surface area contributed by atoms with Crippen LogP contribution in [0.15, 0.2) is 76.0 Å². The third-order valence-electron chi connectivity index (χ3n) is 3.61. The highest BCUT2D eigenvalue weighted by molar-refractivity contribution is 9.10. The SMILES string of the molecule is CC(c1ccccc1)n1nc(-c2ccc(Br)cc2)ccc1=O. The van der Waals surface area contributed by atoms with Crippen molar-refractivity contribution in [3.63, 3.8) is 0 Å². The molecule has 110 valence electrons. The first-order valence-electron chi connectivity index (χ1n) is 7.06. The van der Waals surface area contributed by atoms with Crippen LogP contribution in [0.5, 0.6) is 0 Å². The number of aromatic nitrogens is 2. The van der Waals surface area contributed by atoms with Gasteiger partial charge >= 0.3 is 0 Å². The van der Waals surface area contributed by atoms with Crippen LogP contribution in [-0.2, 0) is 0 Å². The Bertz CT molecular complexity index is 826. The van der Waals surface area contributed by atoms with E-state index in [1.54, 1.807) is 12.1 Å². The quantitative estimate of drug-likeness (QED) is 0.703. The van der Waals surface area contributed by atoms with Gasteiger partial charge in [0.25, 0.3) is 5.56 Å². The van der Waals surface area contributed by atoms with Gasteiger partial charge in [-0.05, 0) is 30.7 Å². The molecule has 0 saturated carbocycles. The van der Waals surface area contributed by atoms with Gasteiger partial charge in [-0.1, -0.05) is 58.4 Å². The molecule has 1 unspecified atom stereocenters. The summed E-state index contributed by atoms with van der Waals surface area (Å²) in [4.78, 5) is 12.2. The number of benzene rings is 2. The molecular weight excluding hydrogens is 340 g/mol. The maximum atomic E-state index is 12.2. The van der Waals surface area contributed by atoms with Gasteiger partial charge in [-0.25, -0.2) is 4.68 Å². The van der Waals surface area contributed by atoms with Crippen molar-refractivity contribution < 1.29 is 0 Å². The van der Waals surface area contributed by atoms with E-state index in [-0.39, 0.29) is 11.6 Å². The second kappa shape index (κ2) is 6.28. The average Bonchev–Trinajstić information content (AvgIpc) is 2.56. The largest absolute Gasteiger partial charge is 0.268 e. The maximum Gasteiger partial charge on any atom is 0.267 e. The lowest BCUT2D eigenvalue weighted by Gasteiger charge is -2.15. The molecule has 0 bridgehead atoms. The molecule has 0 fully saturated rings. The molecule has 0 aliphatic heterocycles. The van der Waals surface area contributed by atoms with E-state index in [1.807, 2.05) is 61.5 Å². The minimum atomic E-state index is -0.107. The molecule has 1 aromatic heterocycles. The van der Waals surface area contributed by atoms with Gasteiger partial charge in [-0.3, -0.25) is 4.79 Å². The fourth-order valence-electron chi connectivity index (χ4n) is 2.35. The van der Waals surface area contributed by atoms with E-state index in [2.05, 4.69) is 21.0 Å². The number of hydrogen-bond acceptors (Lipinski definition) is 2. The Labute approximate surface area is 137 Å². The van der Waals surface area contributed by atoms with Crippen molar-refractivity contribution in [1.29, 1.82) is 0 Å². The van der Waals surface area contributed by atoms with E-state index in [0.717, 1.165) is 21.3 Å². The molecule has 1 heterocycles. The van der Waals surface area contributed by atoms with Crippen LogP contribution in [0.3, 0.4) is 0 Å². The van der Waals surface area contributed by atoms with Crippen LogP contribution in [0.4, 0.5) is 0 Å². The lowest BCUT2D eigenvalue weighted by Crippen LogP contribution is -2.26. The first-order valence-corrected chi connectivity index (χ1v) is 7.85. The molecule has 2 aromatic carbocycles. The second-order valence-corrected chi connectivity index (χ2v) is 6.01. The predicted molar refractivity (Wildman–Crippen MR) is 91.9 cm³/mol. The molecule has 1 atom stereocenters. The van der Waals surface area contributed by atoms with Gasteiger partial charge in [0.15, 0.2) is 0 Å². The van der Waals surface area contributed by atoms with Crippen molar-refractivity contribution in [2.45, 2.75) is 13.0 Å². The summed E-state index contributed by atoms with van der Waals surface area (Å²) in [6, 6.07) is 21.0. The van der Waals surface area contributed by atoms with E-state index < -0.39 is 0 Å². The molecule has 0 radical (unpaired) electrons. The Morgan fingerprint density at radius 1 is 0.955 bits per heavy atom. The van der Waals surface area contributed by atoms with E-state index in [1.165, 1.54) is 4.68 Å². The third kappa shape index (κ3) is 3.02. The van der Waals surface area contributed by atoms with Crippen molar-refractivity contribution in [3.8, 4) is 11.3 Å². The lowest BCUT2D eigenvalue weighted by molar-refractivity contribution is 0.534. The fraction of sp³-hybridized carbons (Fsp3) is 0.111. The van der Waals surface area contributed by atoms with Crippen molar-refractivity contribution in [1.82, 2.24) is 9.78 Å². The van der Waals surface area contributed by atoms with E-state index in [0.29, 0.717) is 0 Å². The Kier molecular flexibility index (Phi) is 4.20. The summed E-state index contributed by atoms with van der Waals surface area (Å²) in [5, 5.41) is 4.54. The molecule has 0 aliphatic rings. The van der Waals surface area contributed by atoms with Crippen LogP contribution in [-0.4, -0.2) is 9.78 Å². The summed E-state index contributed by atoms with van der Waals surface area (Å²) < 4.78 is 2.55. The Hall–Kier alpha value is -2.20.